The Morgan fingerprint density at radius 3 is 2.61 bits per heavy atom. The van der Waals surface area contributed by atoms with Crippen molar-refractivity contribution in [1.29, 1.82) is 0 Å². The standard InChI is InChI=1S/C15H24BrNO/c1-5-7-12(4)18-15-13(10-17-11(2)3)8-6-9-14(15)16/h6,8-9,11-12,17H,5,7,10H2,1-4H3. The minimum Gasteiger partial charge on any atom is -0.489 e. The van der Waals surface area contributed by atoms with Crippen molar-refractivity contribution in [2.75, 3.05) is 0 Å². The molecule has 3 heteroatoms. The van der Waals surface area contributed by atoms with Crippen molar-refractivity contribution >= 4 is 15.9 Å². The lowest BCUT2D eigenvalue weighted by Crippen LogP contribution is -2.23. The van der Waals surface area contributed by atoms with Crippen molar-refractivity contribution < 1.29 is 4.74 Å². The molecule has 0 fully saturated rings. The number of ether oxygens (including phenoxy) is 1. The second kappa shape index (κ2) is 7.80. The molecule has 1 rings (SSSR count). The van der Waals surface area contributed by atoms with E-state index in [1.165, 1.54) is 5.56 Å². The maximum atomic E-state index is 6.06. The summed E-state index contributed by atoms with van der Waals surface area (Å²) in [7, 11) is 0. The summed E-state index contributed by atoms with van der Waals surface area (Å²) in [5, 5.41) is 3.43. The summed E-state index contributed by atoms with van der Waals surface area (Å²) < 4.78 is 7.10. The number of hydrogen-bond donors (Lipinski definition) is 1. The molecule has 1 unspecified atom stereocenters. The Kier molecular flexibility index (Phi) is 6.72. The lowest BCUT2D eigenvalue weighted by Gasteiger charge is -2.19. The molecule has 0 saturated carbocycles. The number of para-hydroxylation sites is 1. The first-order valence-corrected chi connectivity index (χ1v) is 7.51. The maximum Gasteiger partial charge on any atom is 0.138 e. The smallest absolute Gasteiger partial charge is 0.138 e. The van der Waals surface area contributed by atoms with Crippen LogP contribution in [-0.4, -0.2) is 12.1 Å². The third kappa shape index (κ3) is 4.99. The number of nitrogens with one attached hydrogen (secondary N) is 1. The molecule has 0 saturated heterocycles. The van der Waals surface area contributed by atoms with E-state index in [-0.39, 0.29) is 6.10 Å². The van der Waals surface area contributed by atoms with Gasteiger partial charge in [-0.1, -0.05) is 39.3 Å². The third-order valence-corrected chi connectivity index (χ3v) is 3.39. The molecule has 1 N–H and O–H groups in total. The highest BCUT2D eigenvalue weighted by Crippen LogP contribution is 2.30. The van der Waals surface area contributed by atoms with Crippen LogP contribution in [0.4, 0.5) is 0 Å². The van der Waals surface area contributed by atoms with Crippen LogP contribution in [0.2, 0.25) is 0 Å². The van der Waals surface area contributed by atoms with Gasteiger partial charge in [-0.2, -0.15) is 0 Å². The zero-order valence-corrected chi connectivity index (χ0v) is 13.4. The average Bonchev–Trinajstić information content (AvgIpc) is 2.30. The average molecular weight is 314 g/mol. The summed E-state index contributed by atoms with van der Waals surface area (Å²) in [5.74, 6) is 0.978. The zero-order valence-electron chi connectivity index (χ0n) is 11.8. The predicted molar refractivity (Wildman–Crippen MR) is 81.1 cm³/mol. The summed E-state index contributed by atoms with van der Waals surface area (Å²) >= 11 is 3.58. The third-order valence-electron chi connectivity index (χ3n) is 2.76. The van der Waals surface area contributed by atoms with Crippen molar-refractivity contribution in [2.24, 2.45) is 0 Å². The maximum absolute atomic E-state index is 6.06. The van der Waals surface area contributed by atoms with E-state index >= 15 is 0 Å². The monoisotopic (exact) mass is 313 g/mol. The van der Waals surface area contributed by atoms with Crippen molar-refractivity contribution in [2.45, 2.75) is 59.2 Å². The summed E-state index contributed by atoms with van der Waals surface area (Å²) in [5.41, 5.74) is 1.21. The second-order valence-corrected chi connectivity index (χ2v) is 5.84. The van der Waals surface area contributed by atoms with Crippen LogP contribution in [0.1, 0.15) is 46.1 Å². The van der Waals surface area contributed by atoms with Crippen LogP contribution in [0.5, 0.6) is 5.75 Å². The van der Waals surface area contributed by atoms with E-state index in [0.717, 1.165) is 29.6 Å². The van der Waals surface area contributed by atoms with E-state index in [9.17, 15) is 0 Å². The van der Waals surface area contributed by atoms with Gasteiger partial charge in [-0.25, -0.2) is 0 Å². The van der Waals surface area contributed by atoms with Crippen molar-refractivity contribution in [1.82, 2.24) is 5.32 Å². The molecule has 0 heterocycles. The molecule has 0 radical (unpaired) electrons. The molecule has 1 aromatic rings. The van der Waals surface area contributed by atoms with Crippen LogP contribution < -0.4 is 10.1 Å². The summed E-state index contributed by atoms with van der Waals surface area (Å²) in [6, 6.07) is 6.68. The van der Waals surface area contributed by atoms with E-state index in [1.54, 1.807) is 0 Å². The van der Waals surface area contributed by atoms with Crippen LogP contribution >= 0.6 is 15.9 Å². The van der Waals surface area contributed by atoms with Gasteiger partial charge in [0.1, 0.15) is 5.75 Å². The van der Waals surface area contributed by atoms with Crippen LogP contribution in [0, 0.1) is 0 Å². The molecule has 1 atom stereocenters. The van der Waals surface area contributed by atoms with E-state index in [0.29, 0.717) is 6.04 Å². The minimum atomic E-state index is 0.256. The summed E-state index contributed by atoms with van der Waals surface area (Å²) in [6.45, 7) is 9.45. The Bertz CT molecular complexity index is 366. The lowest BCUT2D eigenvalue weighted by atomic mass is 10.1. The van der Waals surface area contributed by atoms with Crippen molar-refractivity contribution in [3.05, 3.63) is 28.2 Å². The fourth-order valence-electron chi connectivity index (χ4n) is 1.81. The van der Waals surface area contributed by atoms with Gasteiger partial charge in [0.05, 0.1) is 10.6 Å². The van der Waals surface area contributed by atoms with Crippen LogP contribution in [0.15, 0.2) is 22.7 Å². The van der Waals surface area contributed by atoms with E-state index in [2.05, 4.69) is 61.1 Å². The molecule has 0 amide bonds. The van der Waals surface area contributed by atoms with Gasteiger partial charge in [0.2, 0.25) is 0 Å². The van der Waals surface area contributed by atoms with E-state index < -0.39 is 0 Å². The molecule has 0 aliphatic rings. The van der Waals surface area contributed by atoms with Crippen LogP contribution in [-0.2, 0) is 6.54 Å². The highest BCUT2D eigenvalue weighted by atomic mass is 79.9. The first-order valence-electron chi connectivity index (χ1n) is 6.72. The zero-order chi connectivity index (χ0) is 13.5. The van der Waals surface area contributed by atoms with Gasteiger partial charge in [-0.05, 0) is 35.3 Å². The minimum absolute atomic E-state index is 0.256. The summed E-state index contributed by atoms with van der Waals surface area (Å²) in [4.78, 5) is 0. The Labute approximate surface area is 119 Å². The molecular formula is C15H24BrNO. The molecule has 102 valence electrons. The first-order chi connectivity index (χ1) is 8.54. The van der Waals surface area contributed by atoms with Crippen molar-refractivity contribution in [3.8, 4) is 5.75 Å². The lowest BCUT2D eigenvalue weighted by molar-refractivity contribution is 0.206. The molecule has 0 aliphatic heterocycles. The number of benzene rings is 1. The number of hydrogen-bond acceptors (Lipinski definition) is 2. The molecule has 0 bridgehead atoms. The quantitative estimate of drug-likeness (QED) is 0.799. The molecule has 0 spiro atoms. The van der Waals surface area contributed by atoms with Gasteiger partial charge >= 0.3 is 0 Å². The fourth-order valence-corrected chi connectivity index (χ4v) is 2.31. The molecule has 0 aromatic heterocycles. The predicted octanol–water partition coefficient (Wildman–Crippen LogP) is 4.51. The van der Waals surface area contributed by atoms with Gasteiger partial charge in [0, 0.05) is 18.2 Å². The van der Waals surface area contributed by atoms with Gasteiger partial charge in [-0.3, -0.25) is 0 Å². The molecule has 18 heavy (non-hydrogen) atoms. The number of rotatable bonds is 7. The SMILES string of the molecule is CCCC(C)Oc1c(Br)cccc1CNC(C)C. The van der Waals surface area contributed by atoms with Crippen LogP contribution in [0.25, 0.3) is 0 Å². The molecule has 1 aromatic carbocycles. The second-order valence-electron chi connectivity index (χ2n) is 4.98. The topological polar surface area (TPSA) is 21.3 Å². The first kappa shape index (κ1) is 15.5. The van der Waals surface area contributed by atoms with Gasteiger partial charge in [0.15, 0.2) is 0 Å². The van der Waals surface area contributed by atoms with Gasteiger partial charge in [0.25, 0.3) is 0 Å². The highest BCUT2D eigenvalue weighted by Gasteiger charge is 2.11. The van der Waals surface area contributed by atoms with Gasteiger partial charge in [-0.15, -0.1) is 0 Å². The van der Waals surface area contributed by atoms with Gasteiger partial charge < -0.3 is 10.1 Å². The van der Waals surface area contributed by atoms with E-state index in [4.69, 9.17) is 4.74 Å². The normalized spacial score (nSPS) is 12.8. The molecular weight excluding hydrogens is 290 g/mol. The summed E-state index contributed by atoms with van der Waals surface area (Å²) in [6.07, 6.45) is 2.48. The Morgan fingerprint density at radius 2 is 2.00 bits per heavy atom. The molecule has 2 nitrogen and oxygen atoms in total. The number of halogens is 1. The Morgan fingerprint density at radius 1 is 1.28 bits per heavy atom. The van der Waals surface area contributed by atoms with E-state index in [1.807, 2.05) is 6.07 Å². The highest BCUT2D eigenvalue weighted by molar-refractivity contribution is 9.10. The van der Waals surface area contributed by atoms with Crippen LogP contribution in [0.3, 0.4) is 0 Å². The largest absolute Gasteiger partial charge is 0.489 e. The Balaban J connectivity index is 2.79. The van der Waals surface area contributed by atoms with Crippen molar-refractivity contribution in [3.63, 3.8) is 0 Å². The molecule has 0 aliphatic carbocycles. The Hall–Kier alpha value is -0.540. The fraction of sp³-hybridized carbons (Fsp3) is 0.600.